The number of carbonyl (C=O) groups excluding carboxylic acids is 1. The molecule has 0 spiro atoms. The Kier molecular flexibility index (Phi) is 8.11. The number of benzene rings is 3. The second kappa shape index (κ2) is 11.0. The van der Waals surface area contributed by atoms with Crippen molar-refractivity contribution in [2.45, 2.75) is 52.0 Å². The van der Waals surface area contributed by atoms with E-state index in [1.54, 1.807) is 12.1 Å². The zero-order valence-electron chi connectivity index (χ0n) is 20.4. The fourth-order valence-electron chi connectivity index (χ4n) is 3.79. The third-order valence-corrected chi connectivity index (χ3v) is 5.76. The second-order valence-electron chi connectivity index (χ2n) is 9.75. The maximum absolute atomic E-state index is 12.1. The third-order valence-electron chi connectivity index (χ3n) is 5.76. The Labute approximate surface area is 202 Å². The molecule has 1 atom stereocenters. The van der Waals surface area contributed by atoms with Crippen LogP contribution < -0.4 is 10.6 Å². The Morgan fingerprint density at radius 1 is 0.853 bits per heavy atom. The average Bonchev–Trinajstić information content (AvgIpc) is 2.79. The second-order valence-corrected chi connectivity index (χ2v) is 9.75. The smallest absolute Gasteiger partial charge is 0.305 e. The molecule has 1 amide bonds. The summed E-state index contributed by atoms with van der Waals surface area (Å²) < 4.78 is 0. The van der Waals surface area contributed by atoms with Crippen LogP contribution in [0.3, 0.4) is 0 Å². The Morgan fingerprint density at radius 2 is 1.41 bits per heavy atom. The Balaban J connectivity index is 1.53. The van der Waals surface area contributed by atoms with Gasteiger partial charge in [-0.3, -0.25) is 9.59 Å². The molecule has 0 aliphatic carbocycles. The van der Waals surface area contributed by atoms with Gasteiger partial charge in [-0.1, -0.05) is 69.3 Å². The first-order chi connectivity index (χ1) is 16.1. The molecular weight excluding hydrogens is 424 g/mol. The molecule has 0 saturated carbocycles. The van der Waals surface area contributed by atoms with Gasteiger partial charge in [-0.25, -0.2) is 0 Å². The van der Waals surface area contributed by atoms with E-state index in [1.165, 1.54) is 22.3 Å². The maximum Gasteiger partial charge on any atom is 0.305 e. The van der Waals surface area contributed by atoms with Crippen LogP contribution in [0.2, 0.25) is 0 Å². The molecule has 3 aromatic rings. The van der Waals surface area contributed by atoms with Crippen LogP contribution in [0.25, 0.3) is 11.1 Å². The van der Waals surface area contributed by atoms with Gasteiger partial charge in [-0.05, 0) is 65.3 Å². The van der Waals surface area contributed by atoms with Gasteiger partial charge in [0.25, 0.3) is 5.91 Å². The lowest BCUT2D eigenvalue weighted by molar-refractivity contribution is -0.136. The van der Waals surface area contributed by atoms with Crippen LogP contribution in [0.1, 0.15) is 55.6 Å². The van der Waals surface area contributed by atoms with Crippen molar-refractivity contribution in [2.75, 3.05) is 11.9 Å². The van der Waals surface area contributed by atoms with Gasteiger partial charge >= 0.3 is 5.97 Å². The third kappa shape index (κ3) is 7.20. The van der Waals surface area contributed by atoms with Crippen molar-refractivity contribution in [3.8, 4) is 11.1 Å². The molecule has 0 bridgehead atoms. The van der Waals surface area contributed by atoms with Gasteiger partial charge in [-0.15, -0.1) is 0 Å². The largest absolute Gasteiger partial charge is 0.481 e. The SMILES string of the molecule is CC(Cc1ccc(-c2ccc(C(C)(C)C)cc2)cc1)Nc1ccc(C(=O)NCCC(=O)O)cc1. The predicted molar refractivity (Wildman–Crippen MR) is 138 cm³/mol. The molecule has 0 aromatic heterocycles. The summed E-state index contributed by atoms with van der Waals surface area (Å²) in [5.41, 5.74) is 6.61. The molecule has 1 unspecified atom stereocenters. The summed E-state index contributed by atoms with van der Waals surface area (Å²) in [7, 11) is 0. The molecule has 0 fully saturated rings. The molecule has 34 heavy (non-hydrogen) atoms. The summed E-state index contributed by atoms with van der Waals surface area (Å²) in [6.07, 6.45) is 0.786. The minimum Gasteiger partial charge on any atom is -0.481 e. The van der Waals surface area contributed by atoms with E-state index < -0.39 is 5.97 Å². The fraction of sp³-hybridized carbons (Fsp3) is 0.310. The van der Waals surface area contributed by atoms with Crippen molar-refractivity contribution in [3.63, 3.8) is 0 Å². The highest BCUT2D eigenvalue weighted by Crippen LogP contribution is 2.26. The van der Waals surface area contributed by atoms with Crippen LogP contribution in [-0.2, 0) is 16.6 Å². The van der Waals surface area contributed by atoms with Crippen LogP contribution >= 0.6 is 0 Å². The molecule has 3 rings (SSSR count). The number of rotatable bonds is 9. The van der Waals surface area contributed by atoms with Gasteiger partial charge in [-0.2, -0.15) is 0 Å². The highest BCUT2D eigenvalue weighted by molar-refractivity contribution is 5.94. The normalized spacial score (nSPS) is 12.1. The summed E-state index contributed by atoms with van der Waals surface area (Å²) in [4.78, 5) is 22.6. The van der Waals surface area contributed by atoms with Gasteiger partial charge in [0.05, 0.1) is 6.42 Å². The van der Waals surface area contributed by atoms with Crippen LogP contribution in [0, 0.1) is 0 Å². The minimum atomic E-state index is -0.932. The number of carboxylic acids is 1. The van der Waals surface area contributed by atoms with Crippen molar-refractivity contribution in [3.05, 3.63) is 89.5 Å². The Bertz CT molecular complexity index is 1100. The lowest BCUT2D eigenvalue weighted by Gasteiger charge is -2.19. The monoisotopic (exact) mass is 458 g/mol. The highest BCUT2D eigenvalue weighted by atomic mass is 16.4. The van der Waals surface area contributed by atoms with E-state index in [2.05, 4.69) is 86.9 Å². The molecule has 0 aliphatic heterocycles. The summed E-state index contributed by atoms with van der Waals surface area (Å²) in [6, 6.07) is 24.9. The van der Waals surface area contributed by atoms with Crippen molar-refractivity contribution in [1.82, 2.24) is 5.32 Å². The first-order valence-electron chi connectivity index (χ1n) is 11.7. The van der Waals surface area contributed by atoms with Crippen LogP contribution in [0.15, 0.2) is 72.8 Å². The van der Waals surface area contributed by atoms with Crippen molar-refractivity contribution >= 4 is 17.6 Å². The molecule has 0 saturated heterocycles. The van der Waals surface area contributed by atoms with Gasteiger partial charge < -0.3 is 15.7 Å². The standard InChI is InChI=1S/C29H34N2O3/c1-20(31-26-15-11-24(12-16-26)28(34)30-18-17-27(32)33)19-21-5-7-22(8-6-21)23-9-13-25(14-10-23)29(2,3)4/h5-16,20,31H,17-19H2,1-4H3,(H,30,34)(H,32,33). The topological polar surface area (TPSA) is 78.4 Å². The van der Waals surface area contributed by atoms with E-state index in [9.17, 15) is 9.59 Å². The molecule has 5 heteroatoms. The first-order valence-corrected chi connectivity index (χ1v) is 11.7. The fourth-order valence-corrected chi connectivity index (χ4v) is 3.79. The highest BCUT2D eigenvalue weighted by Gasteiger charge is 2.13. The quantitative estimate of drug-likeness (QED) is 0.373. The molecule has 5 nitrogen and oxygen atoms in total. The number of amides is 1. The molecule has 0 radical (unpaired) electrons. The lowest BCUT2D eigenvalue weighted by atomic mass is 9.86. The summed E-state index contributed by atoms with van der Waals surface area (Å²) in [5, 5.41) is 14.7. The Hall–Kier alpha value is -3.60. The van der Waals surface area contributed by atoms with Gasteiger partial charge in [0.1, 0.15) is 0 Å². The number of hydrogen-bond donors (Lipinski definition) is 3. The number of carboxylic acid groups (broad SMARTS) is 1. The number of hydrogen-bond acceptors (Lipinski definition) is 3. The van der Waals surface area contributed by atoms with E-state index in [0.717, 1.165) is 12.1 Å². The van der Waals surface area contributed by atoms with Crippen molar-refractivity contribution < 1.29 is 14.7 Å². The zero-order chi connectivity index (χ0) is 24.7. The molecule has 178 valence electrons. The van der Waals surface area contributed by atoms with E-state index in [4.69, 9.17) is 5.11 Å². The van der Waals surface area contributed by atoms with Crippen LogP contribution in [-0.4, -0.2) is 29.6 Å². The first kappa shape index (κ1) is 25.0. The lowest BCUT2D eigenvalue weighted by Crippen LogP contribution is -2.26. The summed E-state index contributed by atoms with van der Waals surface area (Å²) in [6.45, 7) is 8.92. The number of nitrogens with one attached hydrogen (secondary N) is 2. The van der Waals surface area contributed by atoms with Gasteiger partial charge in [0, 0.05) is 23.8 Å². The minimum absolute atomic E-state index is 0.0899. The molecule has 0 aliphatic rings. The van der Waals surface area contributed by atoms with E-state index in [-0.39, 0.29) is 30.3 Å². The van der Waals surface area contributed by atoms with Crippen LogP contribution in [0.4, 0.5) is 5.69 Å². The number of aliphatic carboxylic acids is 1. The Morgan fingerprint density at radius 3 is 1.94 bits per heavy atom. The van der Waals surface area contributed by atoms with Crippen molar-refractivity contribution in [2.24, 2.45) is 0 Å². The van der Waals surface area contributed by atoms with E-state index in [0.29, 0.717) is 5.56 Å². The summed E-state index contributed by atoms with van der Waals surface area (Å²) in [5.74, 6) is -1.20. The molecule has 0 heterocycles. The van der Waals surface area contributed by atoms with E-state index >= 15 is 0 Å². The molecular formula is C29H34N2O3. The van der Waals surface area contributed by atoms with Gasteiger partial charge in [0.15, 0.2) is 0 Å². The van der Waals surface area contributed by atoms with Crippen LogP contribution in [0.5, 0.6) is 0 Å². The predicted octanol–water partition coefficient (Wildman–Crippen LogP) is 5.90. The number of anilines is 1. The van der Waals surface area contributed by atoms with Crippen molar-refractivity contribution in [1.29, 1.82) is 0 Å². The van der Waals surface area contributed by atoms with Gasteiger partial charge in [0.2, 0.25) is 0 Å². The maximum atomic E-state index is 12.1. The molecule has 3 N–H and O–H groups in total. The average molecular weight is 459 g/mol. The zero-order valence-corrected chi connectivity index (χ0v) is 20.4. The number of carbonyl (C=O) groups is 2. The van der Waals surface area contributed by atoms with E-state index in [1.807, 2.05) is 12.1 Å². The molecule has 3 aromatic carbocycles. The summed E-state index contributed by atoms with van der Waals surface area (Å²) >= 11 is 0.